The van der Waals surface area contributed by atoms with Crippen LogP contribution in [0.15, 0.2) is 10.8 Å². The van der Waals surface area contributed by atoms with E-state index in [4.69, 9.17) is 0 Å². The Hall–Kier alpha value is -0.340. The Balaban J connectivity index is 1.90. The standard InChI is InChI=1S/C11H17NS/c1-2-5-12-6-10-7-13-8-11(10)9-3-4-9/h7-9,12H,2-6H2,1H3. The highest BCUT2D eigenvalue weighted by Gasteiger charge is 2.26. The number of hydrogen-bond donors (Lipinski definition) is 1. The van der Waals surface area contributed by atoms with E-state index in [9.17, 15) is 0 Å². The zero-order chi connectivity index (χ0) is 9.10. The highest BCUT2D eigenvalue weighted by atomic mass is 32.1. The lowest BCUT2D eigenvalue weighted by Crippen LogP contribution is -2.14. The normalized spacial score (nSPS) is 16.4. The highest BCUT2D eigenvalue weighted by molar-refractivity contribution is 7.08. The Labute approximate surface area is 84.2 Å². The molecule has 1 aromatic rings. The fraction of sp³-hybridized carbons (Fsp3) is 0.636. The van der Waals surface area contributed by atoms with Gasteiger partial charge in [0.1, 0.15) is 0 Å². The lowest BCUT2D eigenvalue weighted by Gasteiger charge is -2.03. The van der Waals surface area contributed by atoms with Crippen LogP contribution in [0, 0.1) is 0 Å². The van der Waals surface area contributed by atoms with Gasteiger partial charge in [0.2, 0.25) is 0 Å². The van der Waals surface area contributed by atoms with E-state index in [0.29, 0.717) is 0 Å². The van der Waals surface area contributed by atoms with Gasteiger partial charge >= 0.3 is 0 Å². The fourth-order valence-corrected chi connectivity index (χ4v) is 2.57. The van der Waals surface area contributed by atoms with Gasteiger partial charge in [-0.05, 0) is 53.6 Å². The molecule has 1 heterocycles. The van der Waals surface area contributed by atoms with Crippen LogP contribution >= 0.6 is 11.3 Å². The van der Waals surface area contributed by atoms with Crippen LogP contribution in [0.3, 0.4) is 0 Å². The van der Waals surface area contributed by atoms with Crippen LogP contribution in [-0.4, -0.2) is 6.54 Å². The van der Waals surface area contributed by atoms with E-state index in [0.717, 1.165) is 19.0 Å². The van der Waals surface area contributed by atoms with Gasteiger partial charge in [-0.2, -0.15) is 11.3 Å². The molecule has 2 heteroatoms. The molecule has 1 aromatic heterocycles. The molecule has 0 atom stereocenters. The van der Waals surface area contributed by atoms with E-state index in [1.807, 2.05) is 11.3 Å². The van der Waals surface area contributed by atoms with Gasteiger partial charge in [0.15, 0.2) is 0 Å². The van der Waals surface area contributed by atoms with E-state index in [-0.39, 0.29) is 0 Å². The van der Waals surface area contributed by atoms with Gasteiger partial charge in [0.05, 0.1) is 0 Å². The van der Waals surface area contributed by atoms with Crippen LogP contribution in [0.1, 0.15) is 43.2 Å². The maximum Gasteiger partial charge on any atom is 0.0216 e. The van der Waals surface area contributed by atoms with Crippen LogP contribution in [0.25, 0.3) is 0 Å². The Morgan fingerprint density at radius 2 is 2.31 bits per heavy atom. The minimum Gasteiger partial charge on any atom is -0.313 e. The molecule has 0 spiro atoms. The van der Waals surface area contributed by atoms with Crippen molar-refractivity contribution in [3.63, 3.8) is 0 Å². The summed E-state index contributed by atoms with van der Waals surface area (Å²) in [6, 6.07) is 0. The molecular weight excluding hydrogens is 178 g/mol. The molecule has 1 fully saturated rings. The van der Waals surface area contributed by atoms with Crippen molar-refractivity contribution in [1.82, 2.24) is 5.32 Å². The zero-order valence-electron chi connectivity index (χ0n) is 8.18. The third kappa shape index (κ3) is 2.32. The highest BCUT2D eigenvalue weighted by Crippen LogP contribution is 2.42. The van der Waals surface area contributed by atoms with Crippen molar-refractivity contribution in [3.8, 4) is 0 Å². The molecular formula is C11H17NS. The first-order chi connectivity index (χ1) is 6.42. The van der Waals surface area contributed by atoms with Crippen molar-refractivity contribution < 1.29 is 0 Å². The van der Waals surface area contributed by atoms with Gasteiger partial charge in [-0.15, -0.1) is 0 Å². The largest absolute Gasteiger partial charge is 0.313 e. The molecule has 0 radical (unpaired) electrons. The van der Waals surface area contributed by atoms with Crippen LogP contribution in [0.2, 0.25) is 0 Å². The SMILES string of the molecule is CCCNCc1cscc1C1CC1. The average Bonchev–Trinajstić information content (AvgIpc) is 2.88. The number of hydrogen-bond acceptors (Lipinski definition) is 2. The number of thiophene rings is 1. The Kier molecular flexibility index (Phi) is 3.01. The fourth-order valence-electron chi connectivity index (χ4n) is 1.63. The minimum absolute atomic E-state index is 0.907. The molecule has 0 bridgehead atoms. The molecule has 0 saturated heterocycles. The van der Waals surface area contributed by atoms with Crippen molar-refractivity contribution in [1.29, 1.82) is 0 Å². The Morgan fingerprint density at radius 3 is 3.00 bits per heavy atom. The predicted octanol–water partition coefficient (Wildman–Crippen LogP) is 3.13. The third-order valence-corrected chi connectivity index (χ3v) is 3.35. The first-order valence-corrected chi connectivity index (χ1v) is 6.11. The second kappa shape index (κ2) is 4.25. The van der Waals surface area contributed by atoms with Gasteiger partial charge in [-0.25, -0.2) is 0 Å². The third-order valence-electron chi connectivity index (χ3n) is 2.54. The number of rotatable bonds is 5. The molecule has 0 aliphatic heterocycles. The van der Waals surface area contributed by atoms with E-state index in [1.54, 1.807) is 11.1 Å². The van der Waals surface area contributed by atoms with E-state index in [2.05, 4.69) is 23.0 Å². The van der Waals surface area contributed by atoms with Gasteiger partial charge in [0, 0.05) is 6.54 Å². The summed E-state index contributed by atoms with van der Waals surface area (Å²) >= 11 is 1.85. The van der Waals surface area contributed by atoms with Crippen molar-refractivity contribution >= 4 is 11.3 Å². The second-order valence-electron chi connectivity index (χ2n) is 3.80. The molecule has 1 nitrogen and oxygen atoms in total. The lowest BCUT2D eigenvalue weighted by atomic mass is 10.1. The lowest BCUT2D eigenvalue weighted by molar-refractivity contribution is 0.673. The summed E-state index contributed by atoms with van der Waals surface area (Å²) in [5, 5.41) is 8.10. The molecule has 0 amide bonds. The molecule has 1 aliphatic carbocycles. The van der Waals surface area contributed by atoms with Gasteiger partial charge in [0.25, 0.3) is 0 Å². The van der Waals surface area contributed by atoms with E-state index in [1.165, 1.54) is 19.3 Å². The van der Waals surface area contributed by atoms with E-state index >= 15 is 0 Å². The quantitative estimate of drug-likeness (QED) is 0.712. The summed E-state index contributed by atoms with van der Waals surface area (Å²) in [6.45, 7) is 4.42. The van der Waals surface area contributed by atoms with Crippen LogP contribution in [0.5, 0.6) is 0 Å². The molecule has 1 aliphatic rings. The summed E-state index contributed by atoms with van der Waals surface area (Å²) in [5.41, 5.74) is 3.16. The molecule has 2 rings (SSSR count). The molecule has 13 heavy (non-hydrogen) atoms. The monoisotopic (exact) mass is 195 g/mol. The van der Waals surface area contributed by atoms with Crippen LogP contribution < -0.4 is 5.32 Å². The predicted molar refractivity (Wildman–Crippen MR) is 58.3 cm³/mol. The Morgan fingerprint density at radius 1 is 1.46 bits per heavy atom. The first kappa shape index (κ1) is 9.22. The second-order valence-corrected chi connectivity index (χ2v) is 4.55. The van der Waals surface area contributed by atoms with E-state index < -0.39 is 0 Å². The van der Waals surface area contributed by atoms with Crippen molar-refractivity contribution in [2.45, 2.75) is 38.6 Å². The molecule has 1 N–H and O–H groups in total. The molecule has 72 valence electrons. The summed E-state index contributed by atoms with van der Waals surface area (Å²) in [4.78, 5) is 0. The van der Waals surface area contributed by atoms with Crippen molar-refractivity contribution in [3.05, 3.63) is 21.9 Å². The average molecular weight is 195 g/mol. The summed E-state index contributed by atoms with van der Waals surface area (Å²) in [7, 11) is 0. The number of nitrogens with one attached hydrogen (secondary N) is 1. The first-order valence-electron chi connectivity index (χ1n) is 5.17. The van der Waals surface area contributed by atoms with Gasteiger partial charge < -0.3 is 5.32 Å². The van der Waals surface area contributed by atoms with Crippen LogP contribution in [-0.2, 0) is 6.54 Å². The summed E-state index contributed by atoms with van der Waals surface area (Å²) in [6.07, 6.45) is 4.05. The topological polar surface area (TPSA) is 12.0 Å². The summed E-state index contributed by atoms with van der Waals surface area (Å²) in [5.74, 6) is 0.907. The molecule has 1 saturated carbocycles. The van der Waals surface area contributed by atoms with Crippen molar-refractivity contribution in [2.24, 2.45) is 0 Å². The minimum atomic E-state index is 0.907. The molecule has 0 aromatic carbocycles. The van der Waals surface area contributed by atoms with Crippen LogP contribution in [0.4, 0.5) is 0 Å². The maximum atomic E-state index is 3.47. The maximum absolute atomic E-state index is 3.47. The molecule has 0 unspecified atom stereocenters. The van der Waals surface area contributed by atoms with Crippen molar-refractivity contribution in [2.75, 3.05) is 6.54 Å². The smallest absolute Gasteiger partial charge is 0.0216 e. The summed E-state index contributed by atoms with van der Waals surface area (Å²) < 4.78 is 0. The zero-order valence-corrected chi connectivity index (χ0v) is 8.99. The Bertz CT molecular complexity index is 263. The van der Waals surface area contributed by atoms with Gasteiger partial charge in [-0.1, -0.05) is 6.92 Å². The van der Waals surface area contributed by atoms with Gasteiger partial charge in [-0.3, -0.25) is 0 Å².